The van der Waals surface area contributed by atoms with Crippen LogP contribution < -0.4 is 10.1 Å². The third kappa shape index (κ3) is 5.68. The second-order valence-electron chi connectivity index (χ2n) is 6.49. The third-order valence-corrected chi connectivity index (χ3v) is 4.59. The minimum Gasteiger partial charge on any atom is -0.475 e. The number of hydrogen-bond donors (Lipinski definition) is 1. The second kappa shape index (κ2) is 9.73. The van der Waals surface area contributed by atoms with Crippen molar-refractivity contribution in [3.05, 3.63) is 18.3 Å². The van der Waals surface area contributed by atoms with E-state index < -0.39 is 5.60 Å². The van der Waals surface area contributed by atoms with Crippen molar-refractivity contribution in [2.75, 3.05) is 31.7 Å². The smallest absolute Gasteiger partial charge is 0.256 e. The molecule has 0 unspecified atom stereocenters. The summed E-state index contributed by atoms with van der Waals surface area (Å²) in [4.78, 5) is 17.0. The molecule has 0 atom stereocenters. The number of amides is 1. The van der Waals surface area contributed by atoms with E-state index in [1.54, 1.807) is 18.3 Å². The lowest BCUT2D eigenvalue weighted by molar-refractivity contribution is -0.146. The number of nitrogens with one attached hydrogen (secondary N) is 1. The van der Waals surface area contributed by atoms with E-state index in [0.717, 1.165) is 25.7 Å². The van der Waals surface area contributed by atoms with Gasteiger partial charge in [-0.05, 0) is 51.5 Å². The van der Waals surface area contributed by atoms with E-state index in [-0.39, 0.29) is 5.91 Å². The van der Waals surface area contributed by atoms with Crippen molar-refractivity contribution in [3.8, 4) is 5.88 Å². The van der Waals surface area contributed by atoms with Crippen LogP contribution in [0, 0.1) is 5.92 Å². The summed E-state index contributed by atoms with van der Waals surface area (Å²) in [6.45, 7) is 8.29. The average molecular weight is 350 g/mol. The molecule has 1 heterocycles. The van der Waals surface area contributed by atoms with Crippen LogP contribution in [0.2, 0.25) is 0 Å². The molecule has 140 valence electrons. The number of pyridine rings is 1. The molecule has 1 saturated carbocycles. The van der Waals surface area contributed by atoms with Crippen molar-refractivity contribution < 1.29 is 19.0 Å². The molecule has 1 aliphatic carbocycles. The highest BCUT2D eigenvalue weighted by molar-refractivity contribution is 5.97. The molecular weight excluding hydrogens is 320 g/mol. The maximum absolute atomic E-state index is 12.8. The van der Waals surface area contributed by atoms with Crippen LogP contribution in [0.25, 0.3) is 0 Å². The minimum absolute atomic E-state index is 0.0759. The van der Waals surface area contributed by atoms with Crippen LogP contribution in [0.1, 0.15) is 46.5 Å². The van der Waals surface area contributed by atoms with Gasteiger partial charge in [-0.2, -0.15) is 0 Å². The standard InChI is InChI=1S/C19H30N2O4/c1-4-23-12-13-24-17-7-6-16(14-20-17)21-18(22)19(25-5-2)10-8-15(3)9-11-19/h6-7,14-15H,4-5,8-13H2,1-3H3,(H,21,22). The Hall–Kier alpha value is -1.66. The second-order valence-corrected chi connectivity index (χ2v) is 6.49. The summed E-state index contributed by atoms with van der Waals surface area (Å²) in [5, 5.41) is 2.95. The largest absolute Gasteiger partial charge is 0.475 e. The molecule has 0 aliphatic heterocycles. The zero-order valence-electron chi connectivity index (χ0n) is 15.5. The Morgan fingerprint density at radius 3 is 2.60 bits per heavy atom. The number of aromatic nitrogens is 1. The van der Waals surface area contributed by atoms with Crippen molar-refractivity contribution in [3.63, 3.8) is 0 Å². The molecule has 1 aromatic rings. The zero-order valence-corrected chi connectivity index (χ0v) is 15.5. The molecule has 25 heavy (non-hydrogen) atoms. The van der Waals surface area contributed by atoms with Crippen molar-refractivity contribution in [1.29, 1.82) is 0 Å². The van der Waals surface area contributed by atoms with E-state index in [4.69, 9.17) is 14.2 Å². The van der Waals surface area contributed by atoms with Crippen LogP contribution in [0.5, 0.6) is 5.88 Å². The molecule has 6 heteroatoms. The molecule has 6 nitrogen and oxygen atoms in total. The molecule has 0 spiro atoms. The molecular formula is C19H30N2O4. The van der Waals surface area contributed by atoms with Crippen molar-refractivity contribution in [2.45, 2.75) is 52.1 Å². The first-order valence-electron chi connectivity index (χ1n) is 9.21. The van der Waals surface area contributed by atoms with E-state index in [2.05, 4.69) is 17.2 Å². The van der Waals surface area contributed by atoms with E-state index in [1.165, 1.54) is 0 Å². The third-order valence-electron chi connectivity index (χ3n) is 4.59. The fourth-order valence-electron chi connectivity index (χ4n) is 3.08. The van der Waals surface area contributed by atoms with Gasteiger partial charge in [0.1, 0.15) is 12.2 Å². The highest BCUT2D eigenvalue weighted by atomic mass is 16.5. The van der Waals surface area contributed by atoms with Crippen molar-refractivity contribution >= 4 is 11.6 Å². The van der Waals surface area contributed by atoms with Crippen LogP contribution in [0.4, 0.5) is 5.69 Å². The van der Waals surface area contributed by atoms with Crippen LogP contribution in [0.15, 0.2) is 18.3 Å². The fourth-order valence-corrected chi connectivity index (χ4v) is 3.08. The summed E-state index contributed by atoms with van der Waals surface area (Å²) in [5.74, 6) is 1.09. The number of carbonyl (C=O) groups is 1. The van der Waals surface area contributed by atoms with Gasteiger partial charge in [-0.25, -0.2) is 4.98 Å². The quantitative estimate of drug-likeness (QED) is 0.691. The number of ether oxygens (including phenoxy) is 3. The lowest BCUT2D eigenvalue weighted by atomic mass is 9.78. The number of hydrogen-bond acceptors (Lipinski definition) is 5. The predicted octanol–water partition coefficient (Wildman–Crippen LogP) is 3.42. The van der Waals surface area contributed by atoms with Crippen LogP contribution >= 0.6 is 0 Å². The average Bonchev–Trinajstić information content (AvgIpc) is 2.62. The molecule has 0 saturated heterocycles. The molecule has 1 amide bonds. The number of rotatable bonds is 9. The Morgan fingerprint density at radius 2 is 2.00 bits per heavy atom. The van der Waals surface area contributed by atoms with Crippen molar-refractivity contribution in [1.82, 2.24) is 4.98 Å². The van der Waals surface area contributed by atoms with E-state index >= 15 is 0 Å². The summed E-state index contributed by atoms with van der Waals surface area (Å²) in [5.41, 5.74) is -0.0617. The van der Waals surface area contributed by atoms with Crippen LogP contribution in [0.3, 0.4) is 0 Å². The number of anilines is 1. The van der Waals surface area contributed by atoms with Crippen molar-refractivity contribution in [2.24, 2.45) is 5.92 Å². The number of carbonyl (C=O) groups excluding carboxylic acids is 1. The highest BCUT2D eigenvalue weighted by Crippen LogP contribution is 2.35. The molecule has 1 N–H and O–H groups in total. The maximum Gasteiger partial charge on any atom is 0.256 e. The molecule has 0 aromatic carbocycles. The zero-order chi connectivity index (χ0) is 18.1. The molecule has 0 radical (unpaired) electrons. The lowest BCUT2D eigenvalue weighted by Gasteiger charge is -2.37. The van der Waals surface area contributed by atoms with Gasteiger partial charge in [-0.3, -0.25) is 4.79 Å². The van der Waals surface area contributed by atoms with Gasteiger partial charge in [0.2, 0.25) is 5.88 Å². The molecule has 0 bridgehead atoms. The van der Waals surface area contributed by atoms with Gasteiger partial charge < -0.3 is 19.5 Å². The first-order chi connectivity index (χ1) is 12.1. The van der Waals surface area contributed by atoms with Gasteiger partial charge in [0.15, 0.2) is 0 Å². The Morgan fingerprint density at radius 1 is 1.24 bits per heavy atom. The summed E-state index contributed by atoms with van der Waals surface area (Å²) in [7, 11) is 0. The van der Waals surface area contributed by atoms with Gasteiger partial charge in [-0.15, -0.1) is 0 Å². The molecule has 1 aromatic heterocycles. The topological polar surface area (TPSA) is 69.7 Å². The van der Waals surface area contributed by atoms with Gasteiger partial charge in [0, 0.05) is 19.3 Å². The normalized spacial score (nSPS) is 23.2. The minimum atomic E-state index is -0.714. The van der Waals surface area contributed by atoms with E-state index in [9.17, 15) is 4.79 Å². The van der Waals surface area contributed by atoms with E-state index in [1.807, 2.05) is 13.8 Å². The summed E-state index contributed by atoms with van der Waals surface area (Å²) >= 11 is 0. The van der Waals surface area contributed by atoms with Gasteiger partial charge in [0.25, 0.3) is 5.91 Å². The van der Waals surface area contributed by atoms with Gasteiger partial charge >= 0.3 is 0 Å². The highest BCUT2D eigenvalue weighted by Gasteiger charge is 2.41. The predicted molar refractivity (Wildman–Crippen MR) is 96.8 cm³/mol. The molecule has 1 aliphatic rings. The lowest BCUT2D eigenvalue weighted by Crippen LogP contribution is -2.48. The first-order valence-corrected chi connectivity index (χ1v) is 9.21. The molecule has 1 fully saturated rings. The Bertz CT molecular complexity index is 525. The van der Waals surface area contributed by atoms with Gasteiger partial charge in [0.05, 0.1) is 18.5 Å². The van der Waals surface area contributed by atoms with Gasteiger partial charge in [-0.1, -0.05) is 6.92 Å². The summed E-state index contributed by atoms with van der Waals surface area (Å²) < 4.78 is 16.6. The summed E-state index contributed by atoms with van der Waals surface area (Å²) in [6.07, 6.45) is 5.16. The Labute approximate surface area is 150 Å². The maximum atomic E-state index is 12.8. The fraction of sp³-hybridized carbons (Fsp3) is 0.684. The first kappa shape index (κ1) is 19.7. The van der Waals surface area contributed by atoms with Crippen LogP contribution in [-0.4, -0.2) is 42.9 Å². The van der Waals surface area contributed by atoms with Crippen LogP contribution in [-0.2, 0) is 14.3 Å². The monoisotopic (exact) mass is 350 g/mol. The summed E-state index contributed by atoms with van der Waals surface area (Å²) in [6, 6.07) is 3.55. The Balaban J connectivity index is 1.92. The Kier molecular flexibility index (Phi) is 7.65. The van der Waals surface area contributed by atoms with E-state index in [0.29, 0.717) is 43.9 Å². The molecule has 2 rings (SSSR count). The number of nitrogens with zero attached hydrogens (tertiary/aromatic N) is 1. The SMILES string of the molecule is CCOCCOc1ccc(NC(=O)C2(OCC)CCC(C)CC2)cn1.